The molecule has 0 saturated heterocycles. The fourth-order valence-corrected chi connectivity index (χ4v) is 1.72. The Bertz CT molecular complexity index is 388. The molecule has 1 aromatic carbocycles. The highest BCUT2D eigenvalue weighted by atomic mass is 16.5. The summed E-state index contributed by atoms with van der Waals surface area (Å²) in [6, 6.07) is 6.18. The van der Waals surface area contributed by atoms with Crippen LogP contribution in [0.3, 0.4) is 0 Å². The second-order valence-electron chi connectivity index (χ2n) is 4.52. The van der Waals surface area contributed by atoms with Gasteiger partial charge < -0.3 is 10.1 Å². The van der Waals surface area contributed by atoms with Crippen molar-refractivity contribution < 1.29 is 9.53 Å². The third-order valence-corrected chi connectivity index (χ3v) is 2.76. The topological polar surface area (TPSA) is 38.3 Å². The zero-order chi connectivity index (χ0) is 12.8. The van der Waals surface area contributed by atoms with Gasteiger partial charge in [-0.3, -0.25) is 4.79 Å². The van der Waals surface area contributed by atoms with Crippen LogP contribution in [0.4, 0.5) is 0 Å². The maximum absolute atomic E-state index is 11.7. The Balaban J connectivity index is 2.53. The van der Waals surface area contributed by atoms with E-state index in [1.165, 1.54) is 11.1 Å². The molecule has 0 aliphatic heterocycles. The summed E-state index contributed by atoms with van der Waals surface area (Å²) >= 11 is 0. The molecule has 94 valence electrons. The van der Waals surface area contributed by atoms with Crippen molar-refractivity contribution in [2.75, 3.05) is 13.7 Å². The Kier molecular flexibility index (Phi) is 5.16. The molecule has 0 unspecified atom stereocenters. The lowest BCUT2D eigenvalue weighted by atomic mass is 10.0. The van der Waals surface area contributed by atoms with Gasteiger partial charge in [0.1, 0.15) is 0 Å². The molecule has 0 bridgehead atoms. The van der Waals surface area contributed by atoms with Gasteiger partial charge in [0.2, 0.25) is 5.91 Å². The van der Waals surface area contributed by atoms with E-state index in [0.29, 0.717) is 13.0 Å². The summed E-state index contributed by atoms with van der Waals surface area (Å²) in [5.41, 5.74) is 3.53. The van der Waals surface area contributed by atoms with E-state index in [1.54, 1.807) is 7.11 Å². The van der Waals surface area contributed by atoms with Gasteiger partial charge in [-0.2, -0.15) is 0 Å². The van der Waals surface area contributed by atoms with Crippen molar-refractivity contribution in [3.05, 3.63) is 34.9 Å². The molecular weight excluding hydrogens is 214 g/mol. The molecular formula is C14H21NO2. The Morgan fingerprint density at radius 2 is 2.06 bits per heavy atom. The molecule has 1 aromatic rings. The van der Waals surface area contributed by atoms with Gasteiger partial charge in [-0.15, -0.1) is 0 Å². The van der Waals surface area contributed by atoms with E-state index >= 15 is 0 Å². The Morgan fingerprint density at radius 3 is 2.65 bits per heavy atom. The summed E-state index contributed by atoms with van der Waals surface area (Å²) in [6.07, 6.45) is 0.426. The zero-order valence-electron chi connectivity index (χ0n) is 11.0. The highest BCUT2D eigenvalue weighted by Crippen LogP contribution is 2.10. The predicted octanol–water partition coefficient (Wildman–Crippen LogP) is 2.00. The molecule has 17 heavy (non-hydrogen) atoms. The monoisotopic (exact) mass is 235 g/mol. The molecule has 3 nitrogen and oxygen atoms in total. The number of amides is 1. The number of aryl methyl sites for hydroxylation is 2. The van der Waals surface area contributed by atoms with Crippen molar-refractivity contribution in [3.8, 4) is 0 Å². The van der Waals surface area contributed by atoms with Crippen molar-refractivity contribution in [2.24, 2.45) is 0 Å². The third kappa shape index (κ3) is 4.57. The van der Waals surface area contributed by atoms with Crippen molar-refractivity contribution in [1.82, 2.24) is 5.32 Å². The average molecular weight is 235 g/mol. The summed E-state index contributed by atoms with van der Waals surface area (Å²) < 4.78 is 4.97. The smallest absolute Gasteiger partial charge is 0.224 e. The number of carbonyl (C=O) groups is 1. The molecule has 0 heterocycles. The number of rotatable bonds is 5. The van der Waals surface area contributed by atoms with Crippen molar-refractivity contribution in [1.29, 1.82) is 0 Å². The second-order valence-corrected chi connectivity index (χ2v) is 4.52. The maximum Gasteiger partial charge on any atom is 0.224 e. The van der Waals surface area contributed by atoms with E-state index in [9.17, 15) is 4.79 Å². The third-order valence-electron chi connectivity index (χ3n) is 2.76. The molecule has 3 heteroatoms. The lowest BCUT2D eigenvalue weighted by Gasteiger charge is -2.13. The zero-order valence-corrected chi connectivity index (χ0v) is 11.0. The van der Waals surface area contributed by atoms with Gasteiger partial charge in [0.05, 0.1) is 13.0 Å². The SMILES string of the molecule is COC[C@H](C)NC(=O)Cc1ccc(C)c(C)c1. The first-order chi connectivity index (χ1) is 8.02. The molecule has 0 aliphatic rings. The summed E-state index contributed by atoms with van der Waals surface area (Å²) in [4.78, 5) is 11.7. The van der Waals surface area contributed by atoms with Gasteiger partial charge in [-0.25, -0.2) is 0 Å². The minimum absolute atomic E-state index is 0.0396. The second kappa shape index (κ2) is 6.40. The van der Waals surface area contributed by atoms with Gasteiger partial charge in [-0.1, -0.05) is 18.2 Å². The van der Waals surface area contributed by atoms with E-state index in [1.807, 2.05) is 13.0 Å². The Labute approximate surface area is 103 Å². The summed E-state index contributed by atoms with van der Waals surface area (Å²) in [5.74, 6) is 0.0396. The van der Waals surface area contributed by atoms with E-state index in [0.717, 1.165) is 5.56 Å². The van der Waals surface area contributed by atoms with E-state index < -0.39 is 0 Å². The van der Waals surface area contributed by atoms with Crippen LogP contribution in [0.5, 0.6) is 0 Å². The fourth-order valence-electron chi connectivity index (χ4n) is 1.72. The van der Waals surface area contributed by atoms with Gasteiger partial charge in [0, 0.05) is 13.2 Å². The first-order valence-corrected chi connectivity index (χ1v) is 5.87. The molecule has 0 saturated carbocycles. The first kappa shape index (κ1) is 13.7. The molecule has 0 spiro atoms. The molecule has 1 rings (SSSR count). The maximum atomic E-state index is 11.7. The number of hydrogen-bond acceptors (Lipinski definition) is 2. The predicted molar refractivity (Wildman–Crippen MR) is 69.1 cm³/mol. The van der Waals surface area contributed by atoms with Crippen LogP contribution in [0.25, 0.3) is 0 Å². The Hall–Kier alpha value is -1.35. The van der Waals surface area contributed by atoms with Crippen LogP contribution in [0.2, 0.25) is 0 Å². The summed E-state index contributed by atoms with van der Waals surface area (Å²) in [7, 11) is 1.63. The standard InChI is InChI=1S/C14H21NO2/c1-10-5-6-13(7-11(10)2)8-14(16)15-12(3)9-17-4/h5-7,12H,8-9H2,1-4H3,(H,15,16)/t12-/m0/s1. The average Bonchev–Trinajstić information content (AvgIpc) is 2.23. The van der Waals surface area contributed by atoms with Crippen LogP contribution in [-0.4, -0.2) is 25.7 Å². The number of nitrogens with one attached hydrogen (secondary N) is 1. The number of ether oxygens (including phenoxy) is 1. The van der Waals surface area contributed by atoms with Crippen molar-refractivity contribution in [2.45, 2.75) is 33.2 Å². The summed E-state index contributed by atoms with van der Waals surface area (Å²) in [6.45, 7) is 6.60. The summed E-state index contributed by atoms with van der Waals surface area (Å²) in [5, 5.41) is 2.90. The van der Waals surface area contributed by atoms with E-state index in [2.05, 4.69) is 31.3 Å². The van der Waals surface area contributed by atoms with Gasteiger partial charge in [0.25, 0.3) is 0 Å². The van der Waals surface area contributed by atoms with Crippen LogP contribution >= 0.6 is 0 Å². The quantitative estimate of drug-likeness (QED) is 0.847. The molecule has 0 fully saturated rings. The van der Waals surface area contributed by atoms with E-state index in [4.69, 9.17) is 4.74 Å². The number of benzene rings is 1. The highest BCUT2D eigenvalue weighted by Gasteiger charge is 2.08. The normalized spacial score (nSPS) is 12.2. The van der Waals surface area contributed by atoms with Crippen LogP contribution in [0.1, 0.15) is 23.6 Å². The molecule has 0 aliphatic carbocycles. The van der Waals surface area contributed by atoms with Gasteiger partial charge in [-0.05, 0) is 37.5 Å². The lowest BCUT2D eigenvalue weighted by Crippen LogP contribution is -2.36. The first-order valence-electron chi connectivity index (χ1n) is 5.87. The highest BCUT2D eigenvalue weighted by molar-refractivity contribution is 5.78. The van der Waals surface area contributed by atoms with Gasteiger partial charge in [0.15, 0.2) is 0 Å². The fraction of sp³-hybridized carbons (Fsp3) is 0.500. The van der Waals surface area contributed by atoms with E-state index in [-0.39, 0.29) is 11.9 Å². The van der Waals surface area contributed by atoms with Gasteiger partial charge >= 0.3 is 0 Å². The van der Waals surface area contributed by atoms with Crippen LogP contribution in [0.15, 0.2) is 18.2 Å². The minimum Gasteiger partial charge on any atom is -0.383 e. The molecule has 0 radical (unpaired) electrons. The Morgan fingerprint density at radius 1 is 1.35 bits per heavy atom. The molecule has 1 atom stereocenters. The lowest BCUT2D eigenvalue weighted by molar-refractivity contribution is -0.121. The van der Waals surface area contributed by atoms with Crippen molar-refractivity contribution >= 4 is 5.91 Å². The molecule has 1 N–H and O–H groups in total. The number of hydrogen-bond donors (Lipinski definition) is 1. The van der Waals surface area contributed by atoms with Crippen molar-refractivity contribution in [3.63, 3.8) is 0 Å². The van der Waals surface area contributed by atoms with Crippen LogP contribution in [0, 0.1) is 13.8 Å². The van der Waals surface area contributed by atoms with Crippen LogP contribution < -0.4 is 5.32 Å². The largest absolute Gasteiger partial charge is 0.383 e. The van der Waals surface area contributed by atoms with Crippen LogP contribution in [-0.2, 0) is 16.0 Å². The number of methoxy groups -OCH3 is 1. The number of carbonyl (C=O) groups excluding carboxylic acids is 1. The minimum atomic E-state index is 0.0396. The molecule has 0 aromatic heterocycles. The molecule has 1 amide bonds.